The molecule has 7 nitrogen and oxygen atoms in total. The lowest BCUT2D eigenvalue weighted by Crippen LogP contribution is -2.30. The summed E-state index contributed by atoms with van der Waals surface area (Å²) < 4.78 is 28.9. The predicted octanol–water partition coefficient (Wildman–Crippen LogP) is 3.65. The highest BCUT2D eigenvalue weighted by molar-refractivity contribution is 7.98. The van der Waals surface area contributed by atoms with Gasteiger partial charge in [-0.1, -0.05) is 19.9 Å². The molecule has 1 amide bonds. The minimum atomic E-state index is -3.53. The number of nitrogens with one attached hydrogen (secondary N) is 1. The number of nitrogens with zero attached hydrogens (tertiary/aromatic N) is 3. The van der Waals surface area contributed by atoms with Crippen LogP contribution in [0.4, 0.5) is 0 Å². The van der Waals surface area contributed by atoms with Crippen molar-refractivity contribution in [1.82, 2.24) is 19.2 Å². The molecule has 0 spiro atoms. The molecule has 0 saturated carbocycles. The molecule has 2 aromatic heterocycles. The Morgan fingerprint density at radius 3 is 2.72 bits per heavy atom. The number of hydrogen-bond acceptors (Lipinski definition) is 6. The summed E-state index contributed by atoms with van der Waals surface area (Å²) in [6, 6.07) is 9.20. The minimum Gasteiger partial charge on any atom is -0.355 e. The first kappa shape index (κ1) is 24.8. The number of sulfonamides is 1. The molecule has 0 aliphatic carbocycles. The first-order valence-electron chi connectivity index (χ1n) is 10.7. The maximum Gasteiger partial charge on any atom is 0.243 e. The van der Waals surface area contributed by atoms with E-state index in [9.17, 15) is 13.2 Å². The zero-order valence-corrected chi connectivity index (χ0v) is 21.2. The summed E-state index contributed by atoms with van der Waals surface area (Å²) in [5, 5.41) is 5.04. The fourth-order valence-corrected chi connectivity index (χ4v) is 6.65. The van der Waals surface area contributed by atoms with Gasteiger partial charge in [0.2, 0.25) is 15.9 Å². The maximum absolute atomic E-state index is 12.8. The van der Waals surface area contributed by atoms with Crippen molar-refractivity contribution in [3.63, 3.8) is 0 Å². The smallest absolute Gasteiger partial charge is 0.243 e. The number of imidazole rings is 1. The van der Waals surface area contributed by atoms with Crippen LogP contribution >= 0.6 is 23.1 Å². The lowest BCUT2D eigenvalue weighted by molar-refractivity contribution is -0.120. The van der Waals surface area contributed by atoms with Gasteiger partial charge in [-0.2, -0.15) is 16.1 Å². The van der Waals surface area contributed by atoms with Crippen LogP contribution in [0, 0.1) is 0 Å². The summed E-state index contributed by atoms with van der Waals surface area (Å²) in [5.41, 5.74) is 1.48. The molecule has 3 rings (SSSR count). The standard InChI is InChI=1S/C22H30N4O3S3/c1-4-26(5-2)32(28,29)18-8-9-20-19(15-18)24-21(25(20)3)10-11-22(27)23-12-14-30-16-17-7-6-13-31-17/h6-9,13,15H,4-5,10-12,14,16H2,1-3H3,(H,23,27). The number of rotatable bonds is 12. The summed E-state index contributed by atoms with van der Waals surface area (Å²) >= 11 is 3.56. The van der Waals surface area contributed by atoms with Gasteiger partial charge in [0.15, 0.2) is 0 Å². The van der Waals surface area contributed by atoms with Crippen LogP contribution < -0.4 is 5.32 Å². The van der Waals surface area contributed by atoms with Crippen LogP contribution in [0.15, 0.2) is 40.6 Å². The fraction of sp³-hybridized carbons (Fsp3) is 0.455. The molecule has 0 saturated heterocycles. The van der Waals surface area contributed by atoms with Gasteiger partial charge in [-0.05, 0) is 29.6 Å². The van der Waals surface area contributed by atoms with Gasteiger partial charge in [0.25, 0.3) is 0 Å². The van der Waals surface area contributed by atoms with Gasteiger partial charge in [0.05, 0.1) is 15.9 Å². The van der Waals surface area contributed by atoms with E-state index in [1.54, 1.807) is 29.5 Å². The zero-order chi connectivity index (χ0) is 23.1. The molecule has 1 N–H and O–H groups in total. The Morgan fingerprint density at radius 1 is 1.25 bits per heavy atom. The van der Waals surface area contributed by atoms with Crippen molar-refractivity contribution < 1.29 is 13.2 Å². The second-order valence-electron chi connectivity index (χ2n) is 7.31. The monoisotopic (exact) mass is 494 g/mol. The third kappa shape index (κ3) is 5.92. The Kier molecular flexibility index (Phi) is 8.75. The van der Waals surface area contributed by atoms with E-state index in [1.807, 2.05) is 43.3 Å². The molecule has 2 heterocycles. The lowest BCUT2D eigenvalue weighted by atomic mass is 10.3. The molecule has 32 heavy (non-hydrogen) atoms. The number of amides is 1. The average Bonchev–Trinajstić information content (AvgIpc) is 3.40. The Hall–Kier alpha value is -1.88. The Balaban J connectivity index is 1.55. The van der Waals surface area contributed by atoms with E-state index < -0.39 is 10.0 Å². The van der Waals surface area contributed by atoms with Gasteiger partial charge in [-0.25, -0.2) is 13.4 Å². The van der Waals surface area contributed by atoms with Crippen molar-refractivity contribution in [2.75, 3.05) is 25.4 Å². The highest BCUT2D eigenvalue weighted by atomic mass is 32.2. The number of carbonyl (C=O) groups excluding carboxylic acids is 1. The average molecular weight is 495 g/mol. The number of fused-ring (bicyclic) bond motifs is 1. The minimum absolute atomic E-state index is 0.00131. The quantitative estimate of drug-likeness (QED) is 0.389. The largest absolute Gasteiger partial charge is 0.355 e. The van der Waals surface area contributed by atoms with E-state index in [-0.39, 0.29) is 10.8 Å². The molecule has 10 heteroatoms. The molecule has 3 aromatic rings. The SMILES string of the molecule is CCN(CC)S(=O)(=O)c1ccc2c(c1)nc(CCC(=O)NCCSCc1cccs1)n2C. The number of carbonyl (C=O) groups is 1. The van der Waals surface area contributed by atoms with Crippen LogP contribution in [0.25, 0.3) is 11.0 Å². The van der Waals surface area contributed by atoms with E-state index >= 15 is 0 Å². The van der Waals surface area contributed by atoms with Crippen molar-refractivity contribution in [2.24, 2.45) is 7.05 Å². The van der Waals surface area contributed by atoms with Crippen molar-refractivity contribution in [1.29, 1.82) is 0 Å². The molecule has 0 aliphatic rings. The molecule has 1 aromatic carbocycles. The number of benzene rings is 1. The molecule has 174 valence electrons. The van der Waals surface area contributed by atoms with Crippen LogP contribution in [-0.2, 0) is 34.0 Å². The lowest BCUT2D eigenvalue weighted by Gasteiger charge is -2.18. The Bertz CT molecular complexity index is 1140. The molecule has 0 aliphatic heterocycles. The van der Waals surface area contributed by atoms with Crippen LogP contribution in [0.1, 0.15) is 31.0 Å². The van der Waals surface area contributed by atoms with Gasteiger partial charge < -0.3 is 9.88 Å². The fourth-order valence-electron chi connectivity index (χ4n) is 3.47. The van der Waals surface area contributed by atoms with Crippen molar-refractivity contribution in [2.45, 2.75) is 37.3 Å². The van der Waals surface area contributed by atoms with Gasteiger partial charge in [0.1, 0.15) is 5.82 Å². The highest BCUT2D eigenvalue weighted by Gasteiger charge is 2.22. The number of aromatic nitrogens is 2. The van der Waals surface area contributed by atoms with Gasteiger partial charge in [0, 0.05) is 55.9 Å². The van der Waals surface area contributed by atoms with Gasteiger partial charge in [-0.15, -0.1) is 11.3 Å². The summed E-state index contributed by atoms with van der Waals surface area (Å²) in [6.45, 7) is 5.14. The number of aryl methyl sites for hydroxylation is 2. The topological polar surface area (TPSA) is 84.3 Å². The number of thioether (sulfide) groups is 1. The van der Waals surface area contributed by atoms with Gasteiger partial charge in [-0.3, -0.25) is 4.79 Å². The first-order valence-corrected chi connectivity index (χ1v) is 14.2. The number of thiophene rings is 1. The Labute approximate surface area is 198 Å². The second kappa shape index (κ2) is 11.3. The van der Waals surface area contributed by atoms with Crippen LogP contribution in [-0.4, -0.2) is 53.6 Å². The Morgan fingerprint density at radius 2 is 2.03 bits per heavy atom. The van der Waals surface area contributed by atoms with E-state index in [1.165, 1.54) is 9.18 Å². The third-order valence-corrected chi connectivity index (χ3v) is 9.37. The molecule has 0 atom stereocenters. The van der Waals surface area contributed by atoms with Crippen LogP contribution in [0.3, 0.4) is 0 Å². The summed E-state index contributed by atoms with van der Waals surface area (Å²) in [7, 11) is -1.64. The second-order valence-corrected chi connectivity index (χ2v) is 11.4. The van der Waals surface area contributed by atoms with E-state index in [2.05, 4.69) is 21.7 Å². The molecule has 0 bridgehead atoms. The molecular weight excluding hydrogens is 464 g/mol. The van der Waals surface area contributed by atoms with E-state index in [0.717, 1.165) is 22.8 Å². The van der Waals surface area contributed by atoms with Crippen LogP contribution in [0.2, 0.25) is 0 Å². The predicted molar refractivity (Wildman–Crippen MR) is 133 cm³/mol. The van der Waals surface area contributed by atoms with Gasteiger partial charge >= 0.3 is 0 Å². The van der Waals surface area contributed by atoms with Crippen molar-refractivity contribution in [3.05, 3.63) is 46.4 Å². The molecular formula is C22H30N4O3S3. The van der Waals surface area contributed by atoms with Crippen molar-refractivity contribution in [3.8, 4) is 0 Å². The van der Waals surface area contributed by atoms with E-state index in [4.69, 9.17) is 0 Å². The summed E-state index contributed by atoms with van der Waals surface area (Å²) in [5.74, 6) is 2.61. The van der Waals surface area contributed by atoms with Crippen molar-refractivity contribution >= 4 is 50.1 Å². The number of hydrogen-bond donors (Lipinski definition) is 1. The molecule has 0 radical (unpaired) electrons. The summed E-state index contributed by atoms with van der Waals surface area (Å²) in [6.07, 6.45) is 0.842. The third-order valence-electron chi connectivity index (χ3n) is 5.26. The molecule has 0 unspecified atom stereocenters. The zero-order valence-electron chi connectivity index (χ0n) is 18.7. The molecule has 0 fully saturated rings. The highest BCUT2D eigenvalue weighted by Crippen LogP contribution is 2.23. The summed E-state index contributed by atoms with van der Waals surface area (Å²) in [4.78, 5) is 18.4. The first-order chi connectivity index (χ1) is 15.4. The maximum atomic E-state index is 12.8. The van der Waals surface area contributed by atoms with Crippen LogP contribution in [0.5, 0.6) is 0 Å². The normalized spacial score (nSPS) is 12.0. The van der Waals surface area contributed by atoms with E-state index in [0.29, 0.717) is 38.0 Å².